The molecule has 0 aliphatic carbocycles. The van der Waals surface area contributed by atoms with Gasteiger partial charge in [-0.25, -0.2) is 0 Å². The van der Waals surface area contributed by atoms with E-state index in [1.807, 2.05) is 6.92 Å². The summed E-state index contributed by atoms with van der Waals surface area (Å²) in [6, 6.07) is 5.19. The number of nitrogens with one attached hydrogen (secondary N) is 1. The van der Waals surface area contributed by atoms with Crippen LogP contribution in [-0.4, -0.2) is 27.8 Å². The van der Waals surface area contributed by atoms with Crippen molar-refractivity contribution in [2.75, 3.05) is 11.9 Å². The highest BCUT2D eigenvalue weighted by Crippen LogP contribution is 2.13. The number of nitrogens with zero attached hydrogens (tertiary/aromatic N) is 2. The van der Waals surface area contributed by atoms with Gasteiger partial charge in [0.2, 0.25) is 5.13 Å². The lowest BCUT2D eigenvalue weighted by atomic mass is 10.1. The molecule has 5 nitrogen and oxygen atoms in total. The van der Waals surface area contributed by atoms with E-state index in [0.717, 1.165) is 11.1 Å². The Morgan fingerprint density at radius 2 is 2.37 bits per heavy atom. The summed E-state index contributed by atoms with van der Waals surface area (Å²) in [6.45, 7) is 1.68. The van der Waals surface area contributed by atoms with Crippen LogP contribution in [0.25, 0.3) is 0 Å². The Morgan fingerprint density at radius 3 is 3.00 bits per heavy atom. The zero-order valence-corrected chi connectivity index (χ0v) is 11.0. The lowest BCUT2D eigenvalue weighted by Gasteiger charge is -2.04. The Kier molecular flexibility index (Phi) is 4.23. The summed E-state index contributed by atoms with van der Waals surface area (Å²) < 4.78 is 0. The van der Waals surface area contributed by atoms with Gasteiger partial charge in [-0.15, -0.1) is 10.2 Å². The summed E-state index contributed by atoms with van der Waals surface area (Å²) in [7, 11) is 0. The quantitative estimate of drug-likeness (QED) is 0.812. The minimum atomic E-state index is -0.235. The Hall–Kier alpha value is -2.23. The number of carbonyl (C=O) groups is 1. The van der Waals surface area contributed by atoms with E-state index in [9.17, 15) is 4.79 Å². The molecular formula is C13H11N3O2S. The van der Waals surface area contributed by atoms with Gasteiger partial charge in [0.1, 0.15) is 12.1 Å². The van der Waals surface area contributed by atoms with Gasteiger partial charge in [0.05, 0.1) is 0 Å². The summed E-state index contributed by atoms with van der Waals surface area (Å²) in [4.78, 5) is 11.9. The lowest BCUT2D eigenvalue weighted by Crippen LogP contribution is -2.12. The zero-order valence-electron chi connectivity index (χ0n) is 10.2. The van der Waals surface area contributed by atoms with Crippen LogP contribution >= 0.6 is 11.3 Å². The number of aryl methyl sites for hydroxylation is 1. The van der Waals surface area contributed by atoms with E-state index in [1.165, 1.54) is 11.3 Å². The second kappa shape index (κ2) is 6.09. The van der Waals surface area contributed by atoms with Crippen molar-refractivity contribution in [2.45, 2.75) is 6.92 Å². The Bertz CT molecular complexity index is 642. The molecular weight excluding hydrogens is 262 g/mol. The molecule has 1 heterocycles. The third kappa shape index (κ3) is 3.37. The molecule has 0 spiro atoms. The first-order valence-electron chi connectivity index (χ1n) is 5.48. The molecule has 6 heteroatoms. The van der Waals surface area contributed by atoms with Crippen molar-refractivity contribution in [1.29, 1.82) is 0 Å². The highest BCUT2D eigenvalue weighted by atomic mass is 32.1. The maximum atomic E-state index is 11.9. The average molecular weight is 273 g/mol. The van der Waals surface area contributed by atoms with Gasteiger partial charge in [0.25, 0.3) is 5.91 Å². The van der Waals surface area contributed by atoms with Gasteiger partial charge < -0.3 is 5.11 Å². The fourth-order valence-corrected chi connectivity index (χ4v) is 1.92. The molecule has 2 aromatic rings. The maximum Gasteiger partial charge on any atom is 0.257 e. The summed E-state index contributed by atoms with van der Waals surface area (Å²) in [5.74, 6) is 5.17. The van der Waals surface area contributed by atoms with Gasteiger partial charge >= 0.3 is 0 Å². The summed E-state index contributed by atoms with van der Waals surface area (Å²) >= 11 is 1.26. The second-order valence-corrected chi connectivity index (χ2v) is 4.52. The van der Waals surface area contributed by atoms with Gasteiger partial charge in [0.15, 0.2) is 0 Å². The van der Waals surface area contributed by atoms with Crippen LogP contribution in [0.5, 0.6) is 0 Å². The number of anilines is 1. The van der Waals surface area contributed by atoms with Crippen molar-refractivity contribution < 1.29 is 9.90 Å². The summed E-state index contributed by atoms with van der Waals surface area (Å²) in [6.07, 6.45) is 0. The monoisotopic (exact) mass is 273 g/mol. The first kappa shape index (κ1) is 13.2. The highest BCUT2D eigenvalue weighted by Gasteiger charge is 2.09. The standard InChI is InChI=1S/C13H11N3O2S/c1-9-7-11(5-4-10(9)3-2-6-17)12(18)15-13-16-14-8-19-13/h4-5,7-8,17H,6H2,1H3,(H,15,16,18). The largest absolute Gasteiger partial charge is 0.384 e. The number of carbonyl (C=O) groups excluding carboxylic acids is 1. The fraction of sp³-hybridized carbons (Fsp3) is 0.154. The maximum absolute atomic E-state index is 11.9. The second-order valence-electron chi connectivity index (χ2n) is 3.69. The minimum Gasteiger partial charge on any atom is -0.384 e. The van der Waals surface area contributed by atoms with Crippen molar-refractivity contribution in [2.24, 2.45) is 0 Å². The number of aliphatic hydroxyl groups is 1. The molecule has 1 aromatic carbocycles. The first-order valence-corrected chi connectivity index (χ1v) is 6.36. The van der Waals surface area contributed by atoms with Crippen LogP contribution in [0, 0.1) is 18.8 Å². The lowest BCUT2D eigenvalue weighted by molar-refractivity contribution is 0.102. The molecule has 1 amide bonds. The highest BCUT2D eigenvalue weighted by molar-refractivity contribution is 7.13. The molecule has 0 radical (unpaired) electrons. The number of benzene rings is 1. The van der Waals surface area contributed by atoms with E-state index >= 15 is 0 Å². The van der Waals surface area contributed by atoms with Crippen LogP contribution < -0.4 is 5.32 Å². The molecule has 2 N–H and O–H groups in total. The topological polar surface area (TPSA) is 75.1 Å². The Balaban J connectivity index is 2.17. The van der Waals surface area contributed by atoms with E-state index in [2.05, 4.69) is 27.4 Å². The molecule has 96 valence electrons. The third-order valence-corrected chi connectivity index (χ3v) is 2.98. The number of hydrogen-bond donors (Lipinski definition) is 2. The number of aromatic nitrogens is 2. The number of amides is 1. The van der Waals surface area contributed by atoms with Gasteiger partial charge in [0, 0.05) is 11.1 Å². The Morgan fingerprint density at radius 1 is 1.53 bits per heavy atom. The van der Waals surface area contributed by atoms with Gasteiger partial charge in [-0.05, 0) is 30.7 Å². The summed E-state index contributed by atoms with van der Waals surface area (Å²) in [5.41, 5.74) is 3.75. The molecule has 19 heavy (non-hydrogen) atoms. The zero-order chi connectivity index (χ0) is 13.7. The molecule has 0 atom stereocenters. The number of hydrogen-bond acceptors (Lipinski definition) is 5. The van der Waals surface area contributed by atoms with Crippen LogP contribution in [0.4, 0.5) is 5.13 Å². The molecule has 0 aliphatic heterocycles. The normalized spacial score (nSPS) is 9.58. The molecule has 0 unspecified atom stereocenters. The van der Waals surface area contributed by atoms with Crippen LogP contribution in [0.3, 0.4) is 0 Å². The van der Waals surface area contributed by atoms with Crippen LogP contribution in [0.15, 0.2) is 23.7 Å². The molecule has 1 aromatic heterocycles. The molecule has 0 fully saturated rings. The first-order chi connectivity index (χ1) is 9.20. The number of aliphatic hydroxyl groups excluding tert-OH is 1. The van der Waals surface area contributed by atoms with E-state index < -0.39 is 0 Å². The van der Waals surface area contributed by atoms with Crippen molar-refractivity contribution in [1.82, 2.24) is 10.2 Å². The fourth-order valence-electron chi connectivity index (χ4n) is 1.48. The van der Waals surface area contributed by atoms with Gasteiger partial charge in [-0.2, -0.15) is 0 Å². The van der Waals surface area contributed by atoms with Gasteiger partial charge in [-0.1, -0.05) is 23.2 Å². The van der Waals surface area contributed by atoms with Crippen LogP contribution in [-0.2, 0) is 0 Å². The SMILES string of the molecule is Cc1cc(C(=O)Nc2nncs2)ccc1C#CCO. The smallest absolute Gasteiger partial charge is 0.257 e. The predicted molar refractivity (Wildman–Crippen MR) is 73.0 cm³/mol. The van der Waals surface area contributed by atoms with Crippen LogP contribution in [0.1, 0.15) is 21.5 Å². The third-order valence-electron chi connectivity index (χ3n) is 2.37. The average Bonchev–Trinajstić information content (AvgIpc) is 2.90. The van der Waals surface area contributed by atoms with Crippen molar-refractivity contribution in [3.63, 3.8) is 0 Å². The van der Waals surface area contributed by atoms with Crippen LogP contribution in [0.2, 0.25) is 0 Å². The van der Waals surface area contributed by atoms with Crippen molar-refractivity contribution in [3.8, 4) is 11.8 Å². The Labute approximate surface area is 114 Å². The molecule has 2 rings (SSSR count). The van der Waals surface area contributed by atoms with Crippen molar-refractivity contribution >= 4 is 22.4 Å². The van der Waals surface area contributed by atoms with E-state index in [0.29, 0.717) is 10.7 Å². The predicted octanol–water partition coefficient (Wildman–Crippen LogP) is 1.44. The van der Waals surface area contributed by atoms with E-state index in [4.69, 9.17) is 5.11 Å². The van der Waals surface area contributed by atoms with E-state index in [-0.39, 0.29) is 12.5 Å². The molecule has 0 saturated heterocycles. The van der Waals surface area contributed by atoms with E-state index in [1.54, 1.807) is 23.7 Å². The number of rotatable bonds is 2. The molecule has 0 saturated carbocycles. The van der Waals surface area contributed by atoms with Crippen molar-refractivity contribution in [3.05, 3.63) is 40.4 Å². The summed E-state index contributed by atoms with van der Waals surface area (Å²) in [5, 5.41) is 19.2. The molecule has 0 bridgehead atoms. The minimum absolute atomic E-state index is 0.182. The molecule has 0 aliphatic rings. The van der Waals surface area contributed by atoms with Gasteiger partial charge in [-0.3, -0.25) is 10.1 Å².